The lowest BCUT2D eigenvalue weighted by molar-refractivity contribution is 0.483. The summed E-state index contributed by atoms with van der Waals surface area (Å²) in [5.41, 5.74) is 5.01. The van der Waals surface area contributed by atoms with Crippen molar-refractivity contribution in [2.45, 2.75) is 12.8 Å². The van der Waals surface area contributed by atoms with E-state index in [-0.39, 0.29) is 0 Å². The summed E-state index contributed by atoms with van der Waals surface area (Å²) in [5.74, 6) is 2.44. The SMILES string of the molecule is CN1CN(CC2CC2)c2ccc(-c3cccc(Oc4cccc(Cl)c4)c3)cc21. The molecule has 3 aromatic carbocycles. The molecule has 0 aromatic heterocycles. The number of nitrogens with zero attached hydrogens (tertiary/aromatic N) is 2. The van der Waals surface area contributed by atoms with Crippen molar-refractivity contribution in [1.82, 2.24) is 0 Å². The number of anilines is 2. The van der Waals surface area contributed by atoms with Crippen molar-refractivity contribution in [3.63, 3.8) is 0 Å². The molecule has 0 unspecified atom stereocenters. The van der Waals surface area contributed by atoms with Crippen LogP contribution in [0, 0.1) is 5.92 Å². The summed E-state index contributed by atoms with van der Waals surface area (Å²) in [4.78, 5) is 4.85. The van der Waals surface area contributed by atoms with E-state index in [0.29, 0.717) is 5.02 Å². The van der Waals surface area contributed by atoms with Crippen LogP contribution in [-0.4, -0.2) is 20.3 Å². The second-order valence-electron chi connectivity index (χ2n) is 7.80. The second-order valence-corrected chi connectivity index (χ2v) is 8.23. The predicted molar refractivity (Wildman–Crippen MR) is 117 cm³/mol. The molecular formula is C24H23ClN2O. The smallest absolute Gasteiger partial charge is 0.128 e. The molecule has 142 valence electrons. The molecule has 1 aliphatic carbocycles. The quantitative estimate of drug-likeness (QED) is 0.499. The molecule has 1 saturated carbocycles. The fourth-order valence-electron chi connectivity index (χ4n) is 3.86. The van der Waals surface area contributed by atoms with Crippen molar-refractivity contribution < 1.29 is 4.74 Å². The largest absolute Gasteiger partial charge is 0.457 e. The Morgan fingerprint density at radius 2 is 1.64 bits per heavy atom. The average Bonchev–Trinajstić information content (AvgIpc) is 3.46. The topological polar surface area (TPSA) is 15.7 Å². The molecule has 0 spiro atoms. The fraction of sp³-hybridized carbons (Fsp3) is 0.250. The van der Waals surface area contributed by atoms with Crippen LogP contribution in [0.25, 0.3) is 11.1 Å². The van der Waals surface area contributed by atoms with Crippen LogP contribution in [0.2, 0.25) is 5.02 Å². The maximum atomic E-state index is 6.06. The van der Waals surface area contributed by atoms with E-state index in [1.54, 1.807) is 0 Å². The van der Waals surface area contributed by atoms with Gasteiger partial charge in [0.05, 0.1) is 18.0 Å². The molecule has 28 heavy (non-hydrogen) atoms. The Hall–Kier alpha value is -2.65. The second kappa shape index (κ2) is 7.06. The van der Waals surface area contributed by atoms with Crippen LogP contribution >= 0.6 is 11.6 Å². The zero-order valence-electron chi connectivity index (χ0n) is 15.9. The van der Waals surface area contributed by atoms with Gasteiger partial charge in [0.25, 0.3) is 0 Å². The Morgan fingerprint density at radius 1 is 0.893 bits per heavy atom. The molecule has 4 heteroatoms. The maximum Gasteiger partial charge on any atom is 0.128 e. The highest BCUT2D eigenvalue weighted by Gasteiger charge is 2.30. The number of hydrogen-bond donors (Lipinski definition) is 0. The highest BCUT2D eigenvalue weighted by Crippen LogP contribution is 2.41. The third-order valence-corrected chi connectivity index (χ3v) is 5.72. The zero-order chi connectivity index (χ0) is 19.1. The minimum absolute atomic E-state index is 0.672. The summed E-state index contributed by atoms with van der Waals surface area (Å²) in [7, 11) is 2.17. The van der Waals surface area contributed by atoms with Crippen LogP contribution in [0.3, 0.4) is 0 Å². The van der Waals surface area contributed by atoms with Gasteiger partial charge >= 0.3 is 0 Å². The summed E-state index contributed by atoms with van der Waals surface area (Å²) >= 11 is 6.06. The van der Waals surface area contributed by atoms with Crippen LogP contribution in [0.1, 0.15) is 12.8 Å². The lowest BCUT2D eigenvalue weighted by Gasteiger charge is -2.18. The van der Waals surface area contributed by atoms with Gasteiger partial charge < -0.3 is 14.5 Å². The van der Waals surface area contributed by atoms with E-state index in [1.807, 2.05) is 36.4 Å². The van der Waals surface area contributed by atoms with Crippen molar-refractivity contribution in [1.29, 1.82) is 0 Å². The van der Waals surface area contributed by atoms with Crippen molar-refractivity contribution in [2.75, 3.05) is 30.1 Å². The van der Waals surface area contributed by atoms with E-state index in [0.717, 1.165) is 29.6 Å². The Kier molecular flexibility index (Phi) is 4.40. The third-order valence-electron chi connectivity index (χ3n) is 5.48. The number of ether oxygens (including phenoxy) is 1. The Labute approximate surface area is 171 Å². The van der Waals surface area contributed by atoms with E-state index in [4.69, 9.17) is 16.3 Å². The van der Waals surface area contributed by atoms with Crippen molar-refractivity contribution >= 4 is 23.0 Å². The maximum absolute atomic E-state index is 6.06. The monoisotopic (exact) mass is 390 g/mol. The normalized spacial score (nSPS) is 15.6. The first-order valence-corrected chi connectivity index (χ1v) is 10.2. The number of fused-ring (bicyclic) bond motifs is 1. The molecular weight excluding hydrogens is 368 g/mol. The number of halogens is 1. The zero-order valence-corrected chi connectivity index (χ0v) is 16.7. The molecule has 1 fully saturated rings. The van der Waals surface area contributed by atoms with Crippen molar-refractivity contribution in [3.05, 3.63) is 71.8 Å². The first-order valence-electron chi connectivity index (χ1n) is 9.80. The van der Waals surface area contributed by atoms with E-state index in [1.165, 1.54) is 36.3 Å². The van der Waals surface area contributed by atoms with Crippen LogP contribution in [0.5, 0.6) is 11.5 Å². The summed E-state index contributed by atoms with van der Waals surface area (Å²) in [5, 5.41) is 0.672. The summed E-state index contributed by atoms with van der Waals surface area (Å²) in [6.45, 7) is 2.16. The Balaban J connectivity index is 1.41. The molecule has 0 atom stereocenters. The molecule has 0 amide bonds. The van der Waals surface area contributed by atoms with E-state index < -0.39 is 0 Å². The fourth-order valence-corrected chi connectivity index (χ4v) is 4.04. The van der Waals surface area contributed by atoms with Crippen molar-refractivity contribution in [3.8, 4) is 22.6 Å². The minimum Gasteiger partial charge on any atom is -0.457 e. The molecule has 0 bridgehead atoms. The van der Waals surface area contributed by atoms with Gasteiger partial charge in [-0.3, -0.25) is 0 Å². The Morgan fingerprint density at radius 3 is 2.43 bits per heavy atom. The van der Waals surface area contributed by atoms with Gasteiger partial charge in [-0.05, 0) is 72.4 Å². The van der Waals surface area contributed by atoms with Crippen LogP contribution < -0.4 is 14.5 Å². The molecule has 0 saturated heterocycles. The molecule has 0 N–H and O–H groups in total. The van der Waals surface area contributed by atoms with Crippen LogP contribution in [0.4, 0.5) is 11.4 Å². The van der Waals surface area contributed by atoms with Crippen LogP contribution in [-0.2, 0) is 0 Å². The molecule has 2 aliphatic rings. The highest BCUT2D eigenvalue weighted by atomic mass is 35.5. The molecule has 1 heterocycles. The van der Waals surface area contributed by atoms with E-state index >= 15 is 0 Å². The summed E-state index contributed by atoms with van der Waals surface area (Å²) in [6.07, 6.45) is 2.76. The predicted octanol–water partition coefficient (Wildman–Crippen LogP) is 6.42. The average molecular weight is 391 g/mol. The highest BCUT2D eigenvalue weighted by molar-refractivity contribution is 6.30. The van der Waals surface area contributed by atoms with Gasteiger partial charge in [-0.25, -0.2) is 0 Å². The number of hydrogen-bond acceptors (Lipinski definition) is 3. The van der Waals surface area contributed by atoms with E-state index in [9.17, 15) is 0 Å². The van der Waals surface area contributed by atoms with Gasteiger partial charge in [0, 0.05) is 18.6 Å². The number of rotatable bonds is 5. The first kappa shape index (κ1) is 17.4. The van der Waals surface area contributed by atoms with Gasteiger partial charge in [-0.15, -0.1) is 0 Å². The lowest BCUT2D eigenvalue weighted by atomic mass is 10.0. The van der Waals surface area contributed by atoms with E-state index in [2.05, 4.69) is 47.2 Å². The molecule has 5 rings (SSSR count). The first-order chi connectivity index (χ1) is 13.7. The standard InChI is InChI=1S/C24H23ClN2O/c1-26-16-27(15-17-8-9-17)23-11-10-19(13-24(23)26)18-4-2-6-21(12-18)28-22-7-3-5-20(25)14-22/h2-7,10-14,17H,8-9,15-16H2,1H3. The number of benzene rings is 3. The van der Waals surface area contributed by atoms with Gasteiger partial charge in [0.1, 0.15) is 11.5 Å². The third kappa shape index (κ3) is 3.55. The molecule has 3 aromatic rings. The van der Waals surface area contributed by atoms with Crippen molar-refractivity contribution in [2.24, 2.45) is 5.92 Å². The van der Waals surface area contributed by atoms with Gasteiger partial charge in [-0.1, -0.05) is 35.9 Å². The van der Waals surface area contributed by atoms with Gasteiger partial charge in [-0.2, -0.15) is 0 Å². The van der Waals surface area contributed by atoms with Gasteiger partial charge in [0.2, 0.25) is 0 Å². The minimum atomic E-state index is 0.672. The Bertz CT molecular complexity index is 1010. The summed E-state index contributed by atoms with van der Waals surface area (Å²) < 4.78 is 6.00. The summed E-state index contributed by atoms with van der Waals surface area (Å²) in [6, 6.07) is 22.5. The molecule has 3 nitrogen and oxygen atoms in total. The van der Waals surface area contributed by atoms with Crippen LogP contribution in [0.15, 0.2) is 66.7 Å². The molecule has 1 aliphatic heterocycles. The molecule has 0 radical (unpaired) electrons. The lowest BCUT2D eigenvalue weighted by Crippen LogP contribution is -2.29. The van der Waals surface area contributed by atoms with Gasteiger partial charge in [0.15, 0.2) is 0 Å².